The van der Waals surface area contributed by atoms with Gasteiger partial charge in [0.25, 0.3) is 0 Å². The van der Waals surface area contributed by atoms with Crippen molar-refractivity contribution < 1.29 is 5.11 Å². The molecular weight excluding hydrogens is 282 g/mol. The number of allylic oxidation sites excluding steroid dienone is 4. The van der Waals surface area contributed by atoms with Crippen LogP contribution in [0.1, 0.15) is 46.5 Å². The Hall–Kier alpha value is -1.80. The molecule has 2 heteroatoms. The maximum absolute atomic E-state index is 8.83. The van der Waals surface area contributed by atoms with Crippen LogP contribution in [0, 0.1) is 0 Å². The van der Waals surface area contributed by atoms with Gasteiger partial charge in [-0.3, -0.25) is 0 Å². The first kappa shape index (κ1) is 19.2. The second kappa shape index (κ2) is 11.7. The third-order valence-electron chi connectivity index (χ3n) is 3.85. The summed E-state index contributed by atoms with van der Waals surface area (Å²) < 4.78 is 0. The number of para-hydroxylation sites is 1. The Kier molecular flexibility index (Phi) is 9.81. The number of aliphatic hydroxyl groups excluding tert-OH is 1. The maximum Gasteiger partial charge on any atom is 0.0614 e. The number of aliphatic hydroxyl groups is 1. The van der Waals surface area contributed by atoms with E-state index in [1.165, 1.54) is 22.4 Å². The summed E-state index contributed by atoms with van der Waals surface area (Å²) in [5.74, 6) is 0. The van der Waals surface area contributed by atoms with Gasteiger partial charge in [0.1, 0.15) is 0 Å². The molecule has 1 aromatic rings. The lowest BCUT2D eigenvalue weighted by molar-refractivity contribution is 0.341. The zero-order valence-electron chi connectivity index (χ0n) is 14.8. The molecule has 126 valence electrons. The van der Waals surface area contributed by atoms with Gasteiger partial charge in [-0.25, -0.2) is 0 Å². The van der Waals surface area contributed by atoms with Gasteiger partial charge in [0.2, 0.25) is 0 Å². The highest BCUT2D eigenvalue weighted by atomic mass is 16.2. The van der Waals surface area contributed by atoms with E-state index < -0.39 is 0 Å². The minimum Gasteiger partial charge on any atom is -0.392 e. The van der Waals surface area contributed by atoms with Crippen molar-refractivity contribution in [2.45, 2.75) is 46.5 Å². The van der Waals surface area contributed by atoms with E-state index >= 15 is 0 Å². The number of hydrogen-bond donors (Lipinski definition) is 2. The molecule has 0 bridgehead atoms. The number of benzene rings is 1. The van der Waals surface area contributed by atoms with Crippen LogP contribution in [0.4, 0.5) is 5.69 Å². The summed E-state index contributed by atoms with van der Waals surface area (Å²) in [5, 5.41) is 12.3. The van der Waals surface area contributed by atoms with E-state index in [0.29, 0.717) is 0 Å². The maximum atomic E-state index is 8.83. The first-order valence-electron chi connectivity index (χ1n) is 8.48. The predicted octanol–water partition coefficient (Wildman–Crippen LogP) is 5.49. The van der Waals surface area contributed by atoms with E-state index in [-0.39, 0.29) is 6.61 Å². The molecule has 0 unspecified atom stereocenters. The van der Waals surface area contributed by atoms with E-state index in [0.717, 1.165) is 32.2 Å². The van der Waals surface area contributed by atoms with Crippen molar-refractivity contribution >= 4 is 5.69 Å². The Bertz CT molecular complexity index is 526. The molecule has 0 aliphatic heterocycles. The van der Waals surface area contributed by atoms with Crippen LogP contribution in [0.5, 0.6) is 0 Å². The third-order valence-corrected chi connectivity index (χ3v) is 3.85. The van der Waals surface area contributed by atoms with E-state index in [1.807, 2.05) is 24.3 Å². The monoisotopic (exact) mass is 313 g/mol. The smallest absolute Gasteiger partial charge is 0.0614 e. The fourth-order valence-electron chi connectivity index (χ4n) is 2.32. The first-order chi connectivity index (χ1) is 11.1. The van der Waals surface area contributed by atoms with Crippen LogP contribution in [-0.4, -0.2) is 18.3 Å². The molecule has 0 atom stereocenters. The normalized spacial score (nSPS) is 13.3. The molecule has 0 saturated carbocycles. The van der Waals surface area contributed by atoms with Crippen LogP contribution in [0.2, 0.25) is 0 Å². The molecule has 1 aromatic carbocycles. The molecule has 0 spiro atoms. The minimum absolute atomic E-state index is 0.148. The molecule has 2 nitrogen and oxygen atoms in total. The zero-order valence-corrected chi connectivity index (χ0v) is 14.8. The van der Waals surface area contributed by atoms with Gasteiger partial charge in [-0.05, 0) is 58.6 Å². The van der Waals surface area contributed by atoms with Crippen LogP contribution in [0.25, 0.3) is 0 Å². The average Bonchev–Trinajstić information content (AvgIpc) is 2.54. The summed E-state index contributed by atoms with van der Waals surface area (Å²) in [7, 11) is 0. The third kappa shape index (κ3) is 9.75. The second-order valence-corrected chi connectivity index (χ2v) is 6.13. The van der Waals surface area contributed by atoms with E-state index in [9.17, 15) is 0 Å². The van der Waals surface area contributed by atoms with Gasteiger partial charge in [-0.15, -0.1) is 0 Å². The second-order valence-electron chi connectivity index (χ2n) is 6.13. The van der Waals surface area contributed by atoms with E-state index in [4.69, 9.17) is 5.11 Å². The van der Waals surface area contributed by atoms with Gasteiger partial charge >= 0.3 is 0 Å². The van der Waals surface area contributed by atoms with Crippen molar-refractivity contribution in [1.29, 1.82) is 0 Å². The molecule has 0 fully saturated rings. The summed E-state index contributed by atoms with van der Waals surface area (Å²) in [6.07, 6.45) is 10.8. The molecule has 0 radical (unpaired) electrons. The molecule has 0 aliphatic carbocycles. The SMILES string of the molecule is C/C(=C\CO)CC/C=C(\C)CC/C=C(\C)CNc1ccccc1. The number of nitrogens with one attached hydrogen (secondary N) is 1. The molecule has 0 aliphatic rings. The molecule has 1 rings (SSSR count). The quantitative estimate of drug-likeness (QED) is 0.560. The highest BCUT2D eigenvalue weighted by molar-refractivity contribution is 5.43. The predicted molar refractivity (Wildman–Crippen MR) is 102 cm³/mol. The zero-order chi connectivity index (χ0) is 16.9. The van der Waals surface area contributed by atoms with Crippen molar-refractivity contribution in [3.8, 4) is 0 Å². The van der Waals surface area contributed by atoms with Crippen molar-refractivity contribution in [2.24, 2.45) is 0 Å². The molecule has 0 aromatic heterocycles. The van der Waals surface area contributed by atoms with Gasteiger partial charge in [0.15, 0.2) is 0 Å². The first-order valence-corrected chi connectivity index (χ1v) is 8.48. The van der Waals surface area contributed by atoms with Crippen molar-refractivity contribution in [3.63, 3.8) is 0 Å². The fraction of sp³-hybridized carbons (Fsp3) is 0.429. The Balaban J connectivity index is 2.24. The lowest BCUT2D eigenvalue weighted by Crippen LogP contribution is -2.02. The Morgan fingerprint density at radius 1 is 0.870 bits per heavy atom. The van der Waals surface area contributed by atoms with Gasteiger partial charge in [-0.2, -0.15) is 0 Å². The van der Waals surface area contributed by atoms with Gasteiger partial charge < -0.3 is 10.4 Å². The van der Waals surface area contributed by atoms with Crippen molar-refractivity contribution in [3.05, 3.63) is 65.3 Å². The summed E-state index contributed by atoms with van der Waals surface area (Å²) in [4.78, 5) is 0. The number of anilines is 1. The van der Waals surface area contributed by atoms with Crippen LogP contribution in [-0.2, 0) is 0 Å². The summed E-state index contributed by atoms with van der Waals surface area (Å²) >= 11 is 0. The van der Waals surface area contributed by atoms with Crippen LogP contribution in [0.15, 0.2) is 65.3 Å². The van der Waals surface area contributed by atoms with Crippen LogP contribution >= 0.6 is 0 Å². The van der Waals surface area contributed by atoms with Gasteiger partial charge in [0, 0.05) is 12.2 Å². The van der Waals surface area contributed by atoms with Crippen LogP contribution in [0.3, 0.4) is 0 Å². The Morgan fingerprint density at radius 2 is 1.43 bits per heavy atom. The molecule has 23 heavy (non-hydrogen) atoms. The van der Waals surface area contributed by atoms with Gasteiger partial charge in [0.05, 0.1) is 6.61 Å². The van der Waals surface area contributed by atoms with Crippen LogP contribution < -0.4 is 5.32 Å². The minimum atomic E-state index is 0.148. The van der Waals surface area contributed by atoms with E-state index in [2.05, 4.69) is 50.4 Å². The van der Waals surface area contributed by atoms with Crippen molar-refractivity contribution in [2.75, 3.05) is 18.5 Å². The molecule has 0 saturated heterocycles. The summed E-state index contributed by atoms with van der Waals surface area (Å²) in [5.41, 5.74) is 5.26. The fourth-order valence-corrected chi connectivity index (χ4v) is 2.32. The van der Waals surface area contributed by atoms with Gasteiger partial charge in [-0.1, -0.05) is 53.1 Å². The molecule has 2 N–H and O–H groups in total. The highest BCUT2D eigenvalue weighted by Crippen LogP contribution is 2.12. The summed E-state index contributed by atoms with van der Waals surface area (Å²) in [6, 6.07) is 10.3. The largest absolute Gasteiger partial charge is 0.392 e. The topological polar surface area (TPSA) is 32.3 Å². The molecule has 0 amide bonds. The number of rotatable bonds is 10. The Morgan fingerprint density at radius 3 is 2.04 bits per heavy atom. The number of hydrogen-bond acceptors (Lipinski definition) is 2. The standard InChI is InChI=1S/C21H31NO/c1-18(9-7-11-19(2)15-16-23)10-8-12-20(3)17-22-21-13-5-4-6-14-21/h4-6,9,12-15,22-23H,7-8,10-11,16-17H2,1-3H3/b18-9+,19-15+,20-12+. The highest BCUT2D eigenvalue weighted by Gasteiger charge is 1.94. The molecule has 0 heterocycles. The lowest BCUT2D eigenvalue weighted by Gasteiger charge is -2.06. The summed E-state index contributed by atoms with van der Waals surface area (Å²) in [6.45, 7) is 7.51. The average molecular weight is 313 g/mol. The Labute approximate surface area is 141 Å². The molecular formula is C21H31NO. The van der Waals surface area contributed by atoms with Crippen molar-refractivity contribution in [1.82, 2.24) is 0 Å². The van der Waals surface area contributed by atoms with E-state index in [1.54, 1.807) is 0 Å². The lowest BCUT2D eigenvalue weighted by atomic mass is 10.1.